The minimum absolute atomic E-state index is 0.0704. The number of nitrogens with zero attached hydrogens (tertiary/aromatic N) is 2. The number of methoxy groups -OCH3 is 1. The molecular formula is C19H21N3O2S. The minimum Gasteiger partial charge on any atom is -0.497 e. The van der Waals surface area contributed by atoms with E-state index in [9.17, 15) is 4.79 Å². The quantitative estimate of drug-likeness (QED) is 0.757. The first-order chi connectivity index (χ1) is 12.0. The molecule has 3 aromatic rings. The number of nitrogens with one attached hydrogen (secondary N) is 1. The highest BCUT2D eigenvalue weighted by Crippen LogP contribution is 2.23. The molecule has 0 radical (unpaired) electrons. The lowest BCUT2D eigenvalue weighted by atomic mass is 10.2. The zero-order valence-electron chi connectivity index (χ0n) is 14.8. The van der Waals surface area contributed by atoms with E-state index in [1.807, 2.05) is 51.1 Å². The molecule has 130 valence electrons. The number of thiazole rings is 1. The van der Waals surface area contributed by atoms with Gasteiger partial charge in [-0.05, 0) is 51.1 Å². The maximum absolute atomic E-state index is 12.6. The molecule has 3 rings (SSSR count). The van der Waals surface area contributed by atoms with E-state index in [1.165, 1.54) is 0 Å². The zero-order valence-corrected chi connectivity index (χ0v) is 15.6. The molecule has 2 heterocycles. The molecule has 0 saturated heterocycles. The van der Waals surface area contributed by atoms with Gasteiger partial charge >= 0.3 is 0 Å². The Hall–Kier alpha value is -2.60. The van der Waals surface area contributed by atoms with Crippen LogP contribution in [-0.2, 0) is 6.54 Å². The van der Waals surface area contributed by atoms with E-state index >= 15 is 0 Å². The van der Waals surface area contributed by atoms with Crippen molar-refractivity contribution in [3.8, 4) is 11.4 Å². The van der Waals surface area contributed by atoms with Crippen molar-refractivity contribution in [1.29, 1.82) is 0 Å². The van der Waals surface area contributed by atoms with Gasteiger partial charge in [-0.2, -0.15) is 0 Å². The van der Waals surface area contributed by atoms with Gasteiger partial charge in [0.25, 0.3) is 5.91 Å². The number of benzene rings is 1. The average molecular weight is 355 g/mol. The predicted octanol–water partition coefficient (Wildman–Crippen LogP) is 3.80. The van der Waals surface area contributed by atoms with Crippen LogP contribution in [0.3, 0.4) is 0 Å². The van der Waals surface area contributed by atoms with E-state index in [0.29, 0.717) is 12.1 Å². The summed E-state index contributed by atoms with van der Waals surface area (Å²) < 4.78 is 7.28. The largest absolute Gasteiger partial charge is 0.497 e. The SMILES string of the molecule is COc1ccc(-n2c(C)cc(C(=O)NCc3cnc(C)s3)c2C)cc1. The molecule has 0 bridgehead atoms. The maximum Gasteiger partial charge on any atom is 0.253 e. The second kappa shape index (κ2) is 7.11. The number of hydrogen-bond acceptors (Lipinski definition) is 4. The van der Waals surface area contributed by atoms with Gasteiger partial charge in [0.05, 0.1) is 24.2 Å². The van der Waals surface area contributed by atoms with Gasteiger partial charge < -0.3 is 14.6 Å². The number of carbonyl (C=O) groups excluding carboxylic acids is 1. The standard InChI is InChI=1S/C19H21N3O2S/c1-12-9-18(19(23)21-11-17-10-20-14(3)25-17)13(2)22(12)15-5-7-16(24-4)8-6-15/h5-10H,11H2,1-4H3,(H,21,23). The fourth-order valence-electron chi connectivity index (χ4n) is 2.87. The van der Waals surface area contributed by atoms with Crippen LogP contribution in [0.4, 0.5) is 0 Å². The van der Waals surface area contributed by atoms with Gasteiger partial charge in [0.1, 0.15) is 5.75 Å². The summed E-state index contributed by atoms with van der Waals surface area (Å²) in [6, 6.07) is 9.73. The summed E-state index contributed by atoms with van der Waals surface area (Å²) in [6.07, 6.45) is 1.81. The molecule has 5 nitrogen and oxygen atoms in total. The molecule has 0 spiro atoms. The van der Waals surface area contributed by atoms with Crippen LogP contribution < -0.4 is 10.1 Å². The van der Waals surface area contributed by atoms with Gasteiger partial charge in [-0.1, -0.05) is 0 Å². The molecule has 0 atom stereocenters. The summed E-state index contributed by atoms with van der Waals surface area (Å²) in [4.78, 5) is 17.8. The number of amides is 1. The molecule has 0 fully saturated rings. The summed E-state index contributed by atoms with van der Waals surface area (Å²) in [7, 11) is 1.65. The molecular weight excluding hydrogens is 334 g/mol. The lowest BCUT2D eigenvalue weighted by Crippen LogP contribution is -2.22. The van der Waals surface area contributed by atoms with Crippen LogP contribution in [0, 0.1) is 20.8 Å². The normalized spacial score (nSPS) is 10.7. The van der Waals surface area contributed by atoms with Gasteiger partial charge in [-0.3, -0.25) is 4.79 Å². The molecule has 0 aliphatic rings. The first-order valence-corrected chi connectivity index (χ1v) is 8.84. The molecule has 0 aliphatic heterocycles. The number of aryl methyl sites for hydroxylation is 2. The highest BCUT2D eigenvalue weighted by molar-refractivity contribution is 7.11. The van der Waals surface area contributed by atoms with E-state index in [2.05, 4.69) is 14.9 Å². The Morgan fingerprint density at radius 1 is 1.24 bits per heavy atom. The van der Waals surface area contributed by atoms with Crippen LogP contribution in [0.5, 0.6) is 5.75 Å². The molecule has 1 amide bonds. The van der Waals surface area contributed by atoms with Crippen molar-refractivity contribution >= 4 is 17.2 Å². The van der Waals surface area contributed by atoms with E-state index in [0.717, 1.165) is 32.7 Å². The molecule has 1 aromatic carbocycles. The lowest BCUT2D eigenvalue weighted by molar-refractivity contribution is 0.0950. The van der Waals surface area contributed by atoms with E-state index in [-0.39, 0.29) is 5.91 Å². The zero-order chi connectivity index (χ0) is 18.0. The number of aromatic nitrogens is 2. The average Bonchev–Trinajstić information content (AvgIpc) is 3.16. The van der Waals surface area contributed by atoms with Gasteiger partial charge in [0, 0.05) is 28.1 Å². The van der Waals surface area contributed by atoms with Crippen molar-refractivity contribution in [2.75, 3.05) is 7.11 Å². The summed E-state index contributed by atoms with van der Waals surface area (Å²) in [5.41, 5.74) is 3.63. The molecule has 2 aromatic heterocycles. The molecule has 0 saturated carbocycles. The molecule has 1 N–H and O–H groups in total. The minimum atomic E-state index is -0.0704. The Balaban J connectivity index is 1.81. The third-order valence-corrected chi connectivity index (χ3v) is 5.01. The van der Waals surface area contributed by atoms with Crippen molar-refractivity contribution < 1.29 is 9.53 Å². The molecule has 6 heteroatoms. The van der Waals surface area contributed by atoms with Crippen LogP contribution in [0.2, 0.25) is 0 Å². The second-order valence-electron chi connectivity index (χ2n) is 5.85. The third kappa shape index (κ3) is 3.58. The van der Waals surface area contributed by atoms with E-state index in [4.69, 9.17) is 4.74 Å². The van der Waals surface area contributed by atoms with Crippen molar-refractivity contribution in [2.24, 2.45) is 0 Å². The maximum atomic E-state index is 12.6. The Morgan fingerprint density at radius 3 is 2.56 bits per heavy atom. The summed E-state index contributed by atoms with van der Waals surface area (Å²) >= 11 is 1.59. The van der Waals surface area contributed by atoms with E-state index in [1.54, 1.807) is 24.6 Å². The first kappa shape index (κ1) is 17.2. The first-order valence-electron chi connectivity index (χ1n) is 8.02. The summed E-state index contributed by atoms with van der Waals surface area (Å²) in [5, 5.41) is 3.98. The highest BCUT2D eigenvalue weighted by atomic mass is 32.1. The van der Waals surface area contributed by atoms with Crippen LogP contribution in [-0.4, -0.2) is 22.6 Å². The second-order valence-corrected chi connectivity index (χ2v) is 7.17. The van der Waals surface area contributed by atoms with Crippen molar-refractivity contribution in [1.82, 2.24) is 14.9 Å². The molecule has 0 aliphatic carbocycles. The van der Waals surface area contributed by atoms with Crippen LogP contribution in [0.1, 0.15) is 31.6 Å². The fourth-order valence-corrected chi connectivity index (χ4v) is 3.61. The van der Waals surface area contributed by atoms with Gasteiger partial charge in [-0.15, -0.1) is 11.3 Å². The third-order valence-electron chi connectivity index (χ3n) is 4.10. The number of ether oxygens (including phenoxy) is 1. The number of carbonyl (C=O) groups is 1. The fraction of sp³-hybridized carbons (Fsp3) is 0.263. The summed E-state index contributed by atoms with van der Waals surface area (Å²) in [5.74, 6) is 0.739. The number of hydrogen-bond donors (Lipinski definition) is 1. The van der Waals surface area contributed by atoms with E-state index < -0.39 is 0 Å². The number of rotatable bonds is 5. The van der Waals surface area contributed by atoms with Crippen LogP contribution in [0.15, 0.2) is 36.5 Å². The van der Waals surface area contributed by atoms with Crippen molar-refractivity contribution in [3.63, 3.8) is 0 Å². The topological polar surface area (TPSA) is 56.1 Å². The monoisotopic (exact) mass is 355 g/mol. The van der Waals surface area contributed by atoms with Crippen molar-refractivity contribution in [2.45, 2.75) is 27.3 Å². The Kier molecular flexibility index (Phi) is 4.90. The summed E-state index contributed by atoms with van der Waals surface area (Å²) in [6.45, 7) is 6.42. The highest BCUT2D eigenvalue weighted by Gasteiger charge is 2.16. The lowest BCUT2D eigenvalue weighted by Gasteiger charge is -2.11. The molecule has 0 unspecified atom stereocenters. The predicted molar refractivity (Wildman–Crippen MR) is 99.8 cm³/mol. The van der Waals surface area contributed by atoms with Gasteiger partial charge in [0.15, 0.2) is 0 Å². The van der Waals surface area contributed by atoms with Crippen molar-refractivity contribution in [3.05, 3.63) is 63.4 Å². The van der Waals surface area contributed by atoms with Gasteiger partial charge in [-0.25, -0.2) is 4.98 Å². The van der Waals surface area contributed by atoms with Crippen LogP contribution >= 0.6 is 11.3 Å². The van der Waals surface area contributed by atoms with Gasteiger partial charge in [0.2, 0.25) is 0 Å². The Morgan fingerprint density at radius 2 is 1.96 bits per heavy atom. The smallest absolute Gasteiger partial charge is 0.253 e. The molecule has 25 heavy (non-hydrogen) atoms. The Labute approximate surface area is 151 Å². The van der Waals surface area contributed by atoms with Crippen LogP contribution in [0.25, 0.3) is 5.69 Å². The Bertz CT molecular complexity index is 894.